The molecule has 1 fully saturated rings. The van der Waals surface area contributed by atoms with Crippen LogP contribution in [0.4, 0.5) is 4.39 Å². The Morgan fingerprint density at radius 1 is 1.42 bits per heavy atom. The van der Waals surface area contributed by atoms with Crippen molar-refractivity contribution in [2.45, 2.75) is 45.6 Å². The molecule has 106 valence electrons. The van der Waals surface area contributed by atoms with E-state index in [0.29, 0.717) is 6.04 Å². The number of benzene rings is 1. The zero-order chi connectivity index (χ0) is 13.8. The van der Waals surface area contributed by atoms with Crippen LogP contribution in [0.3, 0.4) is 0 Å². The molecule has 3 unspecified atom stereocenters. The summed E-state index contributed by atoms with van der Waals surface area (Å²) in [5.41, 5.74) is 1.07. The number of rotatable bonds is 5. The van der Waals surface area contributed by atoms with Gasteiger partial charge in [-0.3, -0.25) is 0 Å². The van der Waals surface area contributed by atoms with Crippen molar-refractivity contribution >= 4 is 15.9 Å². The fourth-order valence-electron chi connectivity index (χ4n) is 3.35. The first-order valence-corrected chi connectivity index (χ1v) is 8.08. The van der Waals surface area contributed by atoms with E-state index >= 15 is 0 Å². The molecule has 0 amide bonds. The minimum Gasteiger partial charge on any atom is -0.314 e. The average Bonchev–Trinajstić information content (AvgIpc) is 2.79. The molecule has 1 nitrogen and oxygen atoms in total. The highest BCUT2D eigenvalue weighted by Crippen LogP contribution is 2.35. The molecule has 1 aliphatic carbocycles. The Balaban J connectivity index is 2.13. The third-order valence-electron chi connectivity index (χ3n) is 4.36. The Bertz CT molecular complexity index is 421. The summed E-state index contributed by atoms with van der Waals surface area (Å²) in [7, 11) is 0. The molecule has 0 radical (unpaired) electrons. The monoisotopic (exact) mass is 327 g/mol. The molecule has 2 rings (SSSR count). The van der Waals surface area contributed by atoms with E-state index in [1.165, 1.54) is 25.3 Å². The fraction of sp³-hybridized carbons (Fsp3) is 0.625. The van der Waals surface area contributed by atoms with Crippen LogP contribution in [0.5, 0.6) is 0 Å². The molecule has 1 aliphatic rings. The number of hydrogen-bond acceptors (Lipinski definition) is 1. The summed E-state index contributed by atoms with van der Waals surface area (Å²) in [6, 6.07) is 5.44. The summed E-state index contributed by atoms with van der Waals surface area (Å²) in [5, 5.41) is 3.61. The van der Waals surface area contributed by atoms with Crippen LogP contribution in [-0.2, 0) is 6.42 Å². The van der Waals surface area contributed by atoms with Crippen LogP contribution in [0.1, 0.15) is 38.7 Å². The first-order chi connectivity index (χ1) is 9.11. The van der Waals surface area contributed by atoms with Crippen molar-refractivity contribution in [3.8, 4) is 0 Å². The van der Waals surface area contributed by atoms with Crippen molar-refractivity contribution in [2.24, 2.45) is 11.8 Å². The second-order valence-electron chi connectivity index (χ2n) is 5.68. The number of likely N-dealkylation sites (N-methyl/N-ethyl adjacent to an activating group) is 1. The molecule has 1 aromatic rings. The van der Waals surface area contributed by atoms with Crippen molar-refractivity contribution in [1.82, 2.24) is 5.32 Å². The maximum absolute atomic E-state index is 13.4. The number of nitrogens with one attached hydrogen (secondary N) is 1. The van der Waals surface area contributed by atoms with E-state index in [-0.39, 0.29) is 5.82 Å². The Morgan fingerprint density at radius 3 is 2.84 bits per heavy atom. The smallest absolute Gasteiger partial charge is 0.123 e. The second-order valence-corrected chi connectivity index (χ2v) is 6.53. The lowest BCUT2D eigenvalue weighted by Gasteiger charge is -2.28. The predicted molar refractivity (Wildman–Crippen MR) is 81.8 cm³/mol. The standard InChI is InChI=1S/C16H23BrFN/c1-3-19-16(14-6-4-5-11(14)2)10-12-9-13(18)7-8-15(12)17/h7-9,11,14,16,19H,3-6,10H2,1-2H3. The van der Waals surface area contributed by atoms with Gasteiger partial charge in [0.05, 0.1) is 0 Å². The molecule has 0 aliphatic heterocycles. The van der Waals surface area contributed by atoms with Gasteiger partial charge in [0.1, 0.15) is 5.82 Å². The molecule has 3 heteroatoms. The Hall–Kier alpha value is -0.410. The highest BCUT2D eigenvalue weighted by molar-refractivity contribution is 9.10. The SMILES string of the molecule is CCNC(Cc1cc(F)ccc1Br)C1CCCC1C. The van der Waals surface area contributed by atoms with Crippen LogP contribution in [0, 0.1) is 17.7 Å². The zero-order valence-corrected chi connectivity index (χ0v) is 13.3. The first-order valence-electron chi connectivity index (χ1n) is 7.29. The molecule has 3 atom stereocenters. The lowest BCUT2D eigenvalue weighted by Crippen LogP contribution is -2.39. The normalized spacial score (nSPS) is 24.6. The van der Waals surface area contributed by atoms with Crippen LogP contribution in [-0.4, -0.2) is 12.6 Å². The highest BCUT2D eigenvalue weighted by Gasteiger charge is 2.30. The maximum atomic E-state index is 13.4. The van der Waals surface area contributed by atoms with E-state index in [1.54, 1.807) is 6.07 Å². The summed E-state index contributed by atoms with van der Waals surface area (Å²) in [4.78, 5) is 0. The van der Waals surface area contributed by atoms with Gasteiger partial charge in [0.2, 0.25) is 0 Å². The van der Waals surface area contributed by atoms with E-state index in [0.717, 1.165) is 34.8 Å². The van der Waals surface area contributed by atoms with E-state index in [2.05, 4.69) is 35.1 Å². The highest BCUT2D eigenvalue weighted by atomic mass is 79.9. The van der Waals surface area contributed by atoms with Crippen molar-refractivity contribution in [2.75, 3.05) is 6.54 Å². The number of hydrogen-bond donors (Lipinski definition) is 1. The summed E-state index contributed by atoms with van der Waals surface area (Å²) in [6.07, 6.45) is 4.86. The van der Waals surface area contributed by atoms with Gasteiger partial charge in [0.25, 0.3) is 0 Å². The molecule has 0 saturated heterocycles. The number of halogens is 2. The van der Waals surface area contributed by atoms with Crippen molar-refractivity contribution in [3.63, 3.8) is 0 Å². The third kappa shape index (κ3) is 3.79. The predicted octanol–water partition coefficient (Wildman–Crippen LogP) is 4.55. The Labute approximate surface area is 124 Å². The topological polar surface area (TPSA) is 12.0 Å². The van der Waals surface area contributed by atoms with Crippen molar-refractivity contribution < 1.29 is 4.39 Å². The molecule has 1 N–H and O–H groups in total. The van der Waals surface area contributed by atoms with Crippen molar-refractivity contribution in [1.29, 1.82) is 0 Å². The van der Waals surface area contributed by atoms with Gasteiger partial charge in [0, 0.05) is 10.5 Å². The molecule has 0 spiro atoms. The molecule has 0 aromatic heterocycles. The lowest BCUT2D eigenvalue weighted by molar-refractivity contribution is 0.298. The lowest BCUT2D eigenvalue weighted by atomic mass is 9.86. The van der Waals surface area contributed by atoms with Gasteiger partial charge in [-0.05, 0) is 55.0 Å². The molecule has 1 aromatic carbocycles. The maximum Gasteiger partial charge on any atom is 0.123 e. The average molecular weight is 328 g/mol. The molecule has 0 bridgehead atoms. The van der Waals surface area contributed by atoms with Crippen LogP contribution >= 0.6 is 15.9 Å². The Morgan fingerprint density at radius 2 is 2.21 bits per heavy atom. The molecular formula is C16H23BrFN. The first kappa shape index (κ1) is 15.0. The summed E-state index contributed by atoms with van der Waals surface area (Å²) < 4.78 is 14.4. The molecule has 1 saturated carbocycles. The van der Waals surface area contributed by atoms with E-state index in [1.807, 2.05) is 6.07 Å². The van der Waals surface area contributed by atoms with E-state index in [4.69, 9.17) is 0 Å². The van der Waals surface area contributed by atoms with Gasteiger partial charge in [-0.1, -0.05) is 42.6 Å². The quantitative estimate of drug-likeness (QED) is 0.836. The van der Waals surface area contributed by atoms with Crippen LogP contribution < -0.4 is 5.32 Å². The van der Waals surface area contributed by atoms with Crippen LogP contribution in [0.25, 0.3) is 0 Å². The van der Waals surface area contributed by atoms with Gasteiger partial charge < -0.3 is 5.32 Å². The van der Waals surface area contributed by atoms with Crippen LogP contribution in [0.15, 0.2) is 22.7 Å². The van der Waals surface area contributed by atoms with Gasteiger partial charge in [-0.2, -0.15) is 0 Å². The summed E-state index contributed by atoms with van der Waals surface area (Å²) in [6.45, 7) is 5.47. The van der Waals surface area contributed by atoms with E-state index < -0.39 is 0 Å². The minimum absolute atomic E-state index is 0.145. The van der Waals surface area contributed by atoms with Gasteiger partial charge in [0.15, 0.2) is 0 Å². The van der Waals surface area contributed by atoms with E-state index in [9.17, 15) is 4.39 Å². The largest absolute Gasteiger partial charge is 0.314 e. The fourth-order valence-corrected chi connectivity index (χ4v) is 3.75. The van der Waals surface area contributed by atoms with Crippen molar-refractivity contribution in [3.05, 3.63) is 34.1 Å². The zero-order valence-electron chi connectivity index (χ0n) is 11.8. The third-order valence-corrected chi connectivity index (χ3v) is 5.13. The summed E-state index contributed by atoms with van der Waals surface area (Å²) >= 11 is 3.54. The Kier molecular flexibility index (Phi) is 5.40. The second kappa shape index (κ2) is 6.85. The molecule has 0 heterocycles. The minimum atomic E-state index is -0.145. The van der Waals surface area contributed by atoms with Gasteiger partial charge >= 0.3 is 0 Å². The van der Waals surface area contributed by atoms with Gasteiger partial charge in [-0.25, -0.2) is 4.39 Å². The van der Waals surface area contributed by atoms with Crippen LogP contribution in [0.2, 0.25) is 0 Å². The molecule has 19 heavy (non-hydrogen) atoms. The molecular weight excluding hydrogens is 305 g/mol. The van der Waals surface area contributed by atoms with Gasteiger partial charge in [-0.15, -0.1) is 0 Å². The summed E-state index contributed by atoms with van der Waals surface area (Å²) in [5.74, 6) is 1.35.